The zero-order valence-corrected chi connectivity index (χ0v) is 13.2. The number of benzene rings is 1. The number of anilines is 2. The van der Waals surface area contributed by atoms with E-state index >= 15 is 0 Å². The summed E-state index contributed by atoms with van der Waals surface area (Å²) >= 11 is 0. The molecule has 1 saturated carbocycles. The van der Waals surface area contributed by atoms with Crippen molar-refractivity contribution in [3.8, 4) is 0 Å². The molecule has 1 aliphatic rings. The van der Waals surface area contributed by atoms with E-state index in [-0.39, 0.29) is 4.90 Å². The minimum atomic E-state index is -3.43. The summed E-state index contributed by atoms with van der Waals surface area (Å²) in [5, 5.41) is 0. The summed E-state index contributed by atoms with van der Waals surface area (Å²) in [6.07, 6.45) is 4.85. The van der Waals surface area contributed by atoms with E-state index in [1.165, 1.54) is 44.1 Å². The van der Waals surface area contributed by atoms with Gasteiger partial charge in [-0.05, 0) is 31.0 Å². The van der Waals surface area contributed by atoms with Crippen LogP contribution in [0.4, 0.5) is 11.4 Å². The van der Waals surface area contributed by atoms with Gasteiger partial charge < -0.3 is 10.6 Å². The Kier molecular flexibility index (Phi) is 4.25. The standard InChI is InChI=1S/C14H23N3O2S/c1-16(2)20(18,19)12-8-9-14(13(15)10-12)17(3)11-6-4-5-7-11/h8-11H,4-7,15H2,1-3H3. The lowest BCUT2D eigenvalue weighted by Gasteiger charge is -2.28. The highest BCUT2D eigenvalue weighted by Crippen LogP contribution is 2.32. The molecule has 6 heteroatoms. The predicted molar refractivity (Wildman–Crippen MR) is 82.4 cm³/mol. The lowest BCUT2D eigenvalue weighted by atomic mass is 10.2. The smallest absolute Gasteiger partial charge is 0.242 e. The second-order valence-corrected chi connectivity index (χ2v) is 7.71. The van der Waals surface area contributed by atoms with Crippen LogP contribution < -0.4 is 10.6 Å². The number of nitrogen functional groups attached to an aromatic ring is 1. The van der Waals surface area contributed by atoms with Crippen molar-refractivity contribution < 1.29 is 8.42 Å². The molecule has 0 heterocycles. The van der Waals surface area contributed by atoms with Crippen LogP contribution in [0.15, 0.2) is 23.1 Å². The normalized spacial score (nSPS) is 16.8. The molecule has 0 bridgehead atoms. The Morgan fingerprint density at radius 2 is 1.75 bits per heavy atom. The van der Waals surface area contributed by atoms with E-state index in [2.05, 4.69) is 4.90 Å². The number of hydrogen-bond acceptors (Lipinski definition) is 4. The quantitative estimate of drug-likeness (QED) is 0.862. The van der Waals surface area contributed by atoms with Crippen molar-refractivity contribution >= 4 is 21.4 Å². The lowest BCUT2D eigenvalue weighted by Crippen LogP contribution is -2.29. The van der Waals surface area contributed by atoms with Gasteiger partial charge in [0.25, 0.3) is 0 Å². The second-order valence-electron chi connectivity index (χ2n) is 5.56. The number of nitrogens with zero attached hydrogens (tertiary/aromatic N) is 2. The van der Waals surface area contributed by atoms with Gasteiger partial charge in [0.15, 0.2) is 0 Å². The molecule has 1 fully saturated rings. The second kappa shape index (κ2) is 5.61. The third-order valence-electron chi connectivity index (χ3n) is 4.03. The van der Waals surface area contributed by atoms with Crippen molar-refractivity contribution in [3.63, 3.8) is 0 Å². The van der Waals surface area contributed by atoms with Crippen LogP contribution in [0, 0.1) is 0 Å². The fourth-order valence-corrected chi connectivity index (χ4v) is 3.65. The first kappa shape index (κ1) is 15.1. The van der Waals surface area contributed by atoms with E-state index < -0.39 is 10.0 Å². The number of rotatable bonds is 4. The molecule has 0 spiro atoms. The third-order valence-corrected chi connectivity index (χ3v) is 5.84. The maximum absolute atomic E-state index is 12.1. The van der Waals surface area contributed by atoms with Gasteiger partial charge in [-0.2, -0.15) is 0 Å². The van der Waals surface area contributed by atoms with Gasteiger partial charge >= 0.3 is 0 Å². The predicted octanol–water partition coefficient (Wildman–Crippen LogP) is 1.90. The molecule has 0 aliphatic heterocycles. The molecule has 0 amide bonds. The van der Waals surface area contributed by atoms with Crippen molar-refractivity contribution in [1.29, 1.82) is 0 Å². The van der Waals surface area contributed by atoms with Gasteiger partial charge in [-0.25, -0.2) is 12.7 Å². The number of sulfonamides is 1. The van der Waals surface area contributed by atoms with E-state index in [0.29, 0.717) is 11.7 Å². The minimum absolute atomic E-state index is 0.239. The van der Waals surface area contributed by atoms with E-state index in [9.17, 15) is 8.42 Å². The van der Waals surface area contributed by atoms with Crippen molar-refractivity contribution in [2.45, 2.75) is 36.6 Å². The molecule has 2 rings (SSSR count). The zero-order chi connectivity index (χ0) is 14.9. The summed E-state index contributed by atoms with van der Waals surface area (Å²) in [6, 6.07) is 5.50. The van der Waals surface area contributed by atoms with E-state index in [0.717, 1.165) is 5.69 Å². The average molecular weight is 297 g/mol. The fraction of sp³-hybridized carbons (Fsp3) is 0.571. The molecular formula is C14H23N3O2S. The summed E-state index contributed by atoms with van der Waals surface area (Å²) in [5.74, 6) is 0. The van der Waals surface area contributed by atoms with Crippen LogP contribution in [0.3, 0.4) is 0 Å². The summed E-state index contributed by atoms with van der Waals surface area (Å²) in [4.78, 5) is 2.41. The first-order valence-corrected chi connectivity index (χ1v) is 8.33. The Morgan fingerprint density at radius 3 is 2.25 bits per heavy atom. The zero-order valence-electron chi connectivity index (χ0n) is 12.3. The molecule has 1 aromatic rings. The van der Waals surface area contributed by atoms with Crippen LogP contribution in [-0.4, -0.2) is 39.9 Å². The van der Waals surface area contributed by atoms with Gasteiger partial charge in [-0.1, -0.05) is 12.8 Å². The minimum Gasteiger partial charge on any atom is -0.397 e. The third kappa shape index (κ3) is 2.76. The Balaban J connectivity index is 2.30. The maximum atomic E-state index is 12.1. The van der Waals surface area contributed by atoms with E-state index in [1.54, 1.807) is 12.1 Å². The van der Waals surface area contributed by atoms with Crippen molar-refractivity contribution in [3.05, 3.63) is 18.2 Å². The largest absolute Gasteiger partial charge is 0.397 e. The maximum Gasteiger partial charge on any atom is 0.242 e. The molecule has 0 aromatic heterocycles. The van der Waals surface area contributed by atoms with Crippen molar-refractivity contribution in [1.82, 2.24) is 4.31 Å². The Morgan fingerprint density at radius 1 is 1.15 bits per heavy atom. The highest BCUT2D eigenvalue weighted by molar-refractivity contribution is 7.89. The highest BCUT2D eigenvalue weighted by atomic mass is 32.2. The van der Waals surface area contributed by atoms with Gasteiger partial charge in [0.2, 0.25) is 10.0 Å². The molecule has 2 N–H and O–H groups in total. The monoisotopic (exact) mass is 297 g/mol. The van der Waals surface area contributed by atoms with Gasteiger partial charge in [0.05, 0.1) is 16.3 Å². The van der Waals surface area contributed by atoms with Crippen LogP contribution >= 0.6 is 0 Å². The van der Waals surface area contributed by atoms with Crippen LogP contribution in [-0.2, 0) is 10.0 Å². The molecule has 0 saturated heterocycles. The van der Waals surface area contributed by atoms with E-state index in [1.807, 2.05) is 13.1 Å². The fourth-order valence-electron chi connectivity index (χ4n) is 2.71. The first-order valence-electron chi connectivity index (χ1n) is 6.89. The Labute approximate surface area is 121 Å². The molecule has 1 aliphatic carbocycles. The Bertz CT molecular complexity index is 578. The molecular weight excluding hydrogens is 274 g/mol. The molecule has 112 valence electrons. The topological polar surface area (TPSA) is 66.6 Å². The first-order chi connectivity index (χ1) is 9.34. The highest BCUT2D eigenvalue weighted by Gasteiger charge is 2.23. The molecule has 0 radical (unpaired) electrons. The summed E-state index contributed by atoms with van der Waals surface area (Å²) in [6.45, 7) is 0. The molecule has 0 unspecified atom stereocenters. The summed E-state index contributed by atoms with van der Waals surface area (Å²) in [7, 11) is 1.64. The lowest BCUT2D eigenvalue weighted by molar-refractivity contribution is 0.521. The Hall–Kier alpha value is -1.27. The summed E-state index contributed by atoms with van der Waals surface area (Å²) < 4.78 is 25.4. The van der Waals surface area contributed by atoms with Crippen LogP contribution in [0.1, 0.15) is 25.7 Å². The van der Waals surface area contributed by atoms with Crippen molar-refractivity contribution in [2.75, 3.05) is 31.8 Å². The SMILES string of the molecule is CN(c1ccc(S(=O)(=O)N(C)C)cc1N)C1CCCC1. The molecule has 1 aromatic carbocycles. The van der Waals surface area contributed by atoms with Gasteiger partial charge in [-0.15, -0.1) is 0 Å². The van der Waals surface area contributed by atoms with Gasteiger partial charge in [0.1, 0.15) is 0 Å². The molecule has 20 heavy (non-hydrogen) atoms. The van der Waals surface area contributed by atoms with Crippen LogP contribution in [0.5, 0.6) is 0 Å². The van der Waals surface area contributed by atoms with E-state index in [4.69, 9.17) is 5.73 Å². The number of nitrogens with two attached hydrogens (primary N) is 1. The van der Waals surface area contributed by atoms with Crippen molar-refractivity contribution in [2.24, 2.45) is 0 Å². The van der Waals surface area contributed by atoms with Gasteiger partial charge in [0, 0.05) is 27.2 Å². The van der Waals surface area contributed by atoms with Crippen LogP contribution in [0.2, 0.25) is 0 Å². The summed E-state index contributed by atoms with van der Waals surface area (Å²) in [5.41, 5.74) is 7.49. The average Bonchev–Trinajstić information content (AvgIpc) is 2.91. The number of hydrogen-bond donors (Lipinski definition) is 1. The molecule has 0 atom stereocenters. The van der Waals surface area contributed by atoms with Crippen LogP contribution in [0.25, 0.3) is 0 Å². The molecule has 5 nitrogen and oxygen atoms in total. The van der Waals surface area contributed by atoms with Gasteiger partial charge in [-0.3, -0.25) is 0 Å².